The zero-order valence-corrected chi connectivity index (χ0v) is 20.8. The summed E-state index contributed by atoms with van der Waals surface area (Å²) in [6.07, 6.45) is 2.63. The largest absolute Gasteiger partial charge is 0.486 e. The number of thioether (sulfide) groups is 1. The van der Waals surface area contributed by atoms with E-state index in [4.69, 9.17) is 27.9 Å². The van der Waals surface area contributed by atoms with Gasteiger partial charge in [-0.25, -0.2) is 4.99 Å². The molecule has 0 atom stereocenters. The van der Waals surface area contributed by atoms with Gasteiger partial charge in [0.15, 0.2) is 10.9 Å². The van der Waals surface area contributed by atoms with Crippen LogP contribution in [0.15, 0.2) is 70.6 Å². The van der Waals surface area contributed by atoms with Crippen LogP contribution in [0.3, 0.4) is 0 Å². The Morgan fingerprint density at radius 3 is 2.29 bits per heavy atom. The number of amides is 1. The van der Waals surface area contributed by atoms with Gasteiger partial charge in [0.1, 0.15) is 6.61 Å². The molecular weight excluding hydrogens is 509 g/mol. The lowest BCUT2D eigenvalue weighted by Crippen LogP contribution is -2.19. The number of carbonyl (C=O) groups is 1. The molecule has 1 aliphatic rings. The maximum Gasteiger partial charge on any atom is 0.269 e. The quantitative estimate of drug-likeness (QED) is 0.204. The molecule has 10 heteroatoms. The van der Waals surface area contributed by atoms with Crippen molar-refractivity contribution in [1.29, 1.82) is 0 Å². The van der Waals surface area contributed by atoms with Crippen LogP contribution in [0.4, 0.5) is 11.4 Å². The van der Waals surface area contributed by atoms with Gasteiger partial charge in [-0.2, -0.15) is 0 Å². The van der Waals surface area contributed by atoms with Crippen LogP contribution in [0.25, 0.3) is 6.08 Å². The molecule has 0 aliphatic carbocycles. The molecular formula is C25H19Cl2N3O4S. The van der Waals surface area contributed by atoms with Crippen LogP contribution < -0.4 is 10.1 Å². The highest BCUT2D eigenvalue weighted by atomic mass is 35.5. The van der Waals surface area contributed by atoms with E-state index < -0.39 is 4.92 Å². The fourth-order valence-electron chi connectivity index (χ4n) is 3.23. The van der Waals surface area contributed by atoms with E-state index in [0.717, 1.165) is 17.7 Å². The summed E-state index contributed by atoms with van der Waals surface area (Å²) in [5.74, 6) is 0.0276. The number of hydrogen-bond acceptors (Lipinski definition) is 6. The number of halogens is 2. The van der Waals surface area contributed by atoms with Gasteiger partial charge in [-0.1, -0.05) is 42.3 Å². The molecule has 1 heterocycles. The molecule has 7 nitrogen and oxygen atoms in total. The first-order chi connectivity index (χ1) is 16.8. The smallest absolute Gasteiger partial charge is 0.269 e. The number of amidine groups is 1. The van der Waals surface area contributed by atoms with E-state index in [1.807, 2.05) is 24.3 Å². The fourth-order valence-corrected chi connectivity index (χ4v) is 4.68. The molecule has 1 aliphatic heterocycles. The molecule has 0 radical (unpaired) electrons. The van der Waals surface area contributed by atoms with Crippen molar-refractivity contribution in [3.63, 3.8) is 0 Å². The standard InChI is InChI=1S/C25H19Cl2N3O4S/c1-2-15-3-7-18(8-4-15)28-25-29-24(31)22(35-25)13-17-11-20(26)23(21(27)12-17)34-14-16-5-9-19(10-6-16)30(32)33/h3-13H,2,14H2,1H3,(H,28,29,31)/b22-13-. The molecule has 1 N–H and O–H groups in total. The van der Waals surface area contributed by atoms with Crippen LogP contribution in [-0.2, 0) is 17.8 Å². The van der Waals surface area contributed by atoms with Gasteiger partial charge in [-0.15, -0.1) is 0 Å². The van der Waals surface area contributed by atoms with Crippen LogP contribution in [0.2, 0.25) is 10.0 Å². The number of benzene rings is 3. The molecule has 0 aromatic heterocycles. The van der Waals surface area contributed by atoms with Crippen LogP contribution >= 0.6 is 35.0 Å². The van der Waals surface area contributed by atoms with Crippen LogP contribution in [-0.4, -0.2) is 16.0 Å². The first-order valence-electron chi connectivity index (χ1n) is 10.6. The Labute approximate surface area is 216 Å². The Hall–Kier alpha value is -3.33. The lowest BCUT2D eigenvalue weighted by molar-refractivity contribution is -0.384. The predicted molar refractivity (Wildman–Crippen MR) is 141 cm³/mol. The molecule has 4 rings (SSSR count). The molecule has 1 saturated heterocycles. The maximum absolute atomic E-state index is 12.4. The van der Waals surface area contributed by atoms with E-state index in [-0.39, 0.29) is 34.0 Å². The van der Waals surface area contributed by atoms with Crippen LogP contribution in [0.1, 0.15) is 23.6 Å². The van der Waals surface area contributed by atoms with Crippen molar-refractivity contribution >= 4 is 63.5 Å². The number of aliphatic imine (C=N–C) groups is 1. The zero-order valence-electron chi connectivity index (χ0n) is 18.5. The average molecular weight is 528 g/mol. The summed E-state index contributed by atoms with van der Waals surface area (Å²) < 4.78 is 5.74. The summed E-state index contributed by atoms with van der Waals surface area (Å²) in [5, 5.41) is 14.6. The Bertz CT molecular complexity index is 1320. The van der Waals surface area contributed by atoms with Crippen molar-refractivity contribution < 1.29 is 14.5 Å². The van der Waals surface area contributed by atoms with Crippen molar-refractivity contribution in [2.75, 3.05) is 0 Å². The number of ether oxygens (including phenoxy) is 1. The summed E-state index contributed by atoms with van der Waals surface area (Å²) in [6.45, 7) is 2.22. The van der Waals surface area contributed by atoms with Crippen molar-refractivity contribution in [2.24, 2.45) is 4.99 Å². The lowest BCUT2D eigenvalue weighted by atomic mass is 10.2. The minimum Gasteiger partial charge on any atom is -0.486 e. The SMILES string of the molecule is CCc1ccc(N=C2NC(=O)/C(=C/c3cc(Cl)c(OCc4ccc([N+](=O)[O-])cc4)c(Cl)c3)S2)cc1. The van der Waals surface area contributed by atoms with Crippen molar-refractivity contribution in [2.45, 2.75) is 20.0 Å². The second-order valence-electron chi connectivity index (χ2n) is 7.53. The Balaban J connectivity index is 1.46. The summed E-state index contributed by atoms with van der Waals surface area (Å²) in [6, 6.07) is 17.1. The van der Waals surface area contributed by atoms with Gasteiger partial charge < -0.3 is 10.1 Å². The third-order valence-electron chi connectivity index (χ3n) is 5.07. The number of aryl methyl sites for hydroxylation is 1. The van der Waals surface area contributed by atoms with Crippen LogP contribution in [0, 0.1) is 10.1 Å². The first kappa shape index (κ1) is 24.8. The number of non-ortho nitro benzene ring substituents is 1. The number of nitrogens with one attached hydrogen (secondary N) is 1. The summed E-state index contributed by atoms with van der Waals surface area (Å²) >= 11 is 14.0. The molecule has 3 aromatic rings. The highest BCUT2D eigenvalue weighted by Crippen LogP contribution is 2.37. The van der Waals surface area contributed by atoms with E-state index >= 15 is 0 Å². The van der Waals surface area contributed by atoms with Crippen molar-refractivity contribution in [1.82, 2.24) is 5.32 Å². The van der Waals surface area contributed by atoms with Gasteiger partial charge in [0, 0.05) is 12.1 Å². The summed E-state index contributed by atoms with van der Waals surface area (Å²) in [7, 11) is 0. The molecule has 0 spiro atoms. The number of nitrogens with zero attached hydrogens (tertiary/aromatic N) is 2. The second-order valence-corrected chi connectivity index (χ2v) is 9.37. The third kappa shape index (κ3) is 6.22. The topological polar surface area (TPSA) is 93.8 Å². The van der Waals surface area contributed by atoms with Crippen molar-refractivity contribution in [3.05, 3.63) is 102 Å². The monoisotopic (exact) mass is 527 g/mol. The zero-order chi connectivity index (χ0) is 24.9. The minimum absolute atomic E-state index is 0.00127. The number of hydrogen-bond donors (Lipinski definition) is 1. The first-order valence-corrected chi connectivity index (χ1v) is 12.1. The molecule has 35 heavy (non-hydrogen) atoms. The third-order valence-corrected chi connectivity index (χ3v) is 6.55. The molecule has 1 amide bonds. The fraction of sp³-hybridized carbons (Fsp3) is 0.120. The van der Waals surface area contributed by atoms with E-state index in [0.29, 0.717) is 15.6 Å². The summed E-state index contributed by atoms with van der Waals surface area (Å²) in [4.78, 5) is 27.7. The normalized spacial score (nSPS) is 15.5. The minimum atomic E-state index is -0.465. The highest BCUT2D eigenvalue weighted by molar-refractivity contribution is 8.18. The van der Waals surface area contributed by atoms with Crippen molar-refractivity contribution in [3.8, 4) is 5.75 Å². The lowest BCUT2D eigenvalue weighted by Gasteiger charge is -2.11. The molecule has 0 bridgehead atoms. The van der Waals surface area contributed by atoms with E-state index in [1.54, 1.807) is 30.3 Å². The molecule has 3 aromatic carbocycles. The molecule has 0 unspecified atom stereocenters. The Morgan fingerprint density at radius 1 is 1.06 bits per heavy atom. The maximum atomic E-state index is 12.4. The molecule has 0 saturated carbocycles. The molecule has 1 fully saturated rings. The second kappa shape index (κ2) is 10.9. The summed E-state index contributed by atoms with van der Waals surface area (Å²) in [5.41, 5.74) is 3.33. The average Bonchev–Trinajstić information content (AvgIpc) is 3.17. The van der Waals surface area contributed by atoms with Gasteiger partial charge in [0.2, 0.25) is 0 Å². The van der Waals surface area contributed by atoms with E-state index in [2.05, 4.69) is 17.2 Å². The van der Waals surface area contributed by atoms with E-state index in [1.165, 1.54) is 29.5 Å². The van der Waals surface area contributed by atoms with Gasteiger partial charge in [-0.3, -0.25) is 14.9 Å². The van der Waals surface area contributed by atoms with E-state index in [9.17, 15) is 14.9 Å². The number of rotatable bonds is 7. The van der Waals surface area contributed by atoms with Gasteiger partial charge in [-0.05, 0) is 77.3 Å². The highest BCUT2D eigenvalue weighted by Gasteiger charge is 2.24. The Kier molecular flexibility index (Phi) is 7.75. The Morgan fingerprint density at radius 2 is 1.69 bits per heavy atom. The number of nitro benzene ring substituents is 1. The van der Waals surface area contributed by atoms with Gasteiger partial charge in [0.25, 0.3) is 11.6 Å². The predicted octanol–water partition coefficient (Wildman–Crippen LogP) is 6.93. The van der Waals surface area contributed by atoms with Crippen LogP contribution in [0.5, 0.6) is 5.75 Å². The number of carbonyl (C=O) groups excluding carboxylic acids is 1. The molecule has 178 valence electrons. The number of nitro groups is 1. The van der Waals surface area contributed by atoms with Gasteiger partial charge >= 0.3 is 0 Å². The van der Waals surface area contributed by atoms with Gasteiger partial charge in [0.05, 0.1) is 25.6 Å².